The number of aryl methyl sites for hydroxylation is 2. The van der Waals surface area contributed by atoms with Gasteiger partial charge in [-0.05, 0) is 65.4 Å². The molecular weight excluding hydrogens is 334 g/mol. The van der Waals surface area contributed by atoms with E-state index in [9.17, 15) is 5.11 Å². The summed E-state index contributed by atoms with van der Waals surface area (Å²) in [7, 11) is 0. The average molecular weight is 352 g/mol. The lowest BCUT2D eigenvalue weighted by Crippen LogP contribution is -2.01. The molecule has 0 radical (unpaired) electrons. The highest BCUT2D eigenvalue weighted by Gasteiger charge is 2.17. The standard InChI is InChI=1S/C16H18BrNOS/c17-12-6-7-13(18-10-12)9-14(19)16-8-11-4-2-1-3-5-15(11)20-16/h6-8,10,14,19H,1-5,9H2. The number of fused-ring (bicyclic) bond motifs is 1. The van der Waals surface area contributed by atoms with Crippen molar-refractivity contribution < 1.29 is 5.11 Å². The Labute approximate surface area is 132 Å². The van der Waals surface area contributed by atoms with Crippen LogP contribution in [0.3, 0.4) is 0 Å². The average Bonchev–Trinajstić information content (AvgIpc) is 2.73. The minimum absolute atomic E-state index is 0.430. The fourth-order valence-corrected chi connectivity index (χ4v) is 4.16. The van der Waals surface area contributed by atoms with Gasteiger partial charge in [-0.15, -0.1) is 11.3 Å². The fraction of sp³-hybridized carbons (Fsp3) is 0.438. The first-order chi connectivity index (χ1) is 9.72. The molecular formula is C16H18BrNOS. The number of aliphatic hydroxyl groups excluding tert-OH is 1. The van der Waals surface area contributed by atoms with Crippen molar-refractivity contribution in [1.82, 2.24) is 4.98 Å². The summed E-state index contributed by atoms with van der Waals surface area (Å²) >= 11 is 5.17. The molecule has 1 N–H and O–H groups in total. The molecule has 1 atom stereocenters. The summed E-state index contributed by atoms with van der Waals surface area (Å²) in [6.45, 7) is 0. The number of nitrogens with zero attached hydrogens (tertiary/aromatic N) is 1. The summed E-state index contributed by atoms with van der Waals surface area (Å²) in [5.74, 6) is 0. The van der Waals surface area contributed by atoms with Crippen molar-refractivity contribution in [1.29, 1.82) is 0 Å². The molecule has 3 rings (SSSR count). The first-order valence-corrected chi connectivity index (χ1v) is 8.73. The van der Waals surface area contributed by atoms with Gasteiger partial charge in [0.15, 0.2) is 0 Å². The number of rotatable bonds is 3. The van der Waals surface area contributed by atoms with Crippen LogP contribution in [0.25, 0.3) is 0 Å². The van der Waals surface area contributed by atoms with Crippen LogP contribution in [0.5, 0.6) is 0 Å². The second-order valence-electron chi connectivity index (χ2n) is 5.35. The molecule has 4 heteroatoms. The number of thiophene rings is 1. The van der Waals surface area contributed by atoms with Crippen LogP contribution in [0.15, 0.2) is 28.9 Å². The van der Waals surface area contributed by atoms with E-state index in [0.29, 0.717) is 6.42 Å². The molecule has 2 nitrogen and oxygen atoms in total. The molecule has 2 aromatic rings. The number of hydrogen-bond acceptors (Lipinski definition) is 3. The smallest absolute Gasteiger partial charge is 0.0937 e. The number of aromatic nitrogens is 1. The van der Waals surface area contributed by atoms with Crippen LogP contribution >= 0.6 is 27.3 Å². The van der Waals surface area contributed by atoms with E-state index in [0.717, 1.165) is 15.0 Å². The van der Waals surface area contributed by atoms with Gasteiger partial charge in [0.1, 0.15) is 0 Å². The summed E-state index contributed by atoms with van der Waals surface area (Å²) in [6, 6.07) is 6.15. The molecule has 1 aliphatic rings. The van der Waals surface area contributed by atoms with Crippen LogP contribution in [0.4, 0.5) is 0 Å². The summed E-state index contributed by atoms with van der Waals surface area (Å²) in [5, 5.41) is 10.4. The predicted octanol–water partition coefficient (Wildman–Crippen LogP) is 4.45. The van der Waals surface area contributed by atoms with Crippen LogP contribution in [0.2, 0.25) is 0 Å². The van der Waals surface area contributed by atoms with Crippen LogP contribution < -0.4 is 0 Å². The second kappa shape index (κ2) is 6.37. The van der Waals surface area contributed by atoms with Gasteiger partial charge in [0.05, 0.1) is 6.10 Å². The van der Waals surface area contributed by atoms with Crippen LogP contribution in [-0.4, -0.2) is 10.1 Å². The minimum atomic E-state index is -0.430. The Balaban J connectivity index is 1.73. The summed E-state index contributed by atoms with van der Waals surface area (Å²) in [6.07, 6.45) is 8.21. The van der Waals surface area contributed by atoms with Crippen molar-refractivity contribution in [3.8, 4) is 0 Å². The van der Waals surface area contributed by atoms with E-state index in [4.69, 9.17) is 0 Å². The molecule has 0 amide bonds. The molecule has 2 aromatic heterocycles. The van der Waals surface area contributed by atoms with E-state index in [-0.39, 0.29) is 0 Å². The number of aliphatic hydroxyl groups is 1. The molecule has 0 saturated carbocycles. The molecule has 106 valence electrons. The van der Waals surface area contributed by atoms with Gasteiger partial charge >= 0.3 is 0 Å². The zero-order valence-corrected chi connectivity index (χ0v) is 13.7. The van der Waals surface area contributed by atoms with Gasteiger partial charge in [0, 0.05) is 32.5 Å². The topological polar surface area (TPSA) is 33.1 Å². The van der Waals surface area contributed by atoms with E-state index < -0.39 is 6.10 Å². The highest BCUT2D eigenvalue weighted by atomic mass is 79.9. The maximum Gasteiger partial charge on any atom is 0.0937 e. The van der Waals surface area contributed by atoms with Gasteiger partial charge in [-0.1, -0.05) is 6.42 Å². The largest absolute Gasteiger partial charge is 0.387 e. The van der Waals surface area contributed by atoms with Gasteiger partial charge in [-0.2, -0.15) is 0 Å². The van der Waals surface area contributed by atoms with E-state index in [2.05, 4.69) is 27.0 Å². The highest BCUT2D eigenvalue weighted by Crippen LogP contribution is 2.33. The Morgan fingerprint density at radius 1 is 1.25 bits per heavy atom. The molecule has 0 aliphatic heterocycles. The van der Waals surface area contributed by atoms with Gasteiger partial charge in [-0.3, -0.25) is 4.98 Å². The number of hydrogen-bond donors (Lipinski definition) is 1. The van der Waals surface area contributed by atoms with E-state index in [1.165, 1.54) is 42.5 Å². The van der Waals surface area contributed by atoms with Crippen molar-refractivity contribution in [2.45, 2.75) is 44.6 Å². The van der Waals surface area contributed by atoms with Crippen molar-refractivity contribution in [3.63, 3.8) is 0 Å². The minimum Gasteiger partial charge on any atom is -0.387 e. The molecule has 0 spiro atoms. The maximum atomic E-state index is 10.4. The first kappa shape index (κ1) is 14.2. The van der Waals surface area contributed by atoms with Crippen LogP contribution in [0, 0.1) is 0 Å². The van der Waals surface area contributed by atoms with E-state index >= 15 is 0 Å². The van der Waals surface area contributed by atoms with Crippen molar-refractivity contribution in [2.24, 2.45) is 0 Å². The monoisotopic (exact) mass is 351 g/mol. The SMILES string of the molecule is OC(Cc1ccc(Br)cn1)c1cc2c(s1)CCCCC2. The van der Waals surface area contributed by atoms with Gasteiger partial charge < -0.3 is 5.11 Å². The van der Waals surface area contributed by atoms with Crippen LogP contribution in [0.1, 0.15) is 46.4 Å². The quantitative estimate of drug-likeness (QED) is 0.828. The lowest BCUT2D eigenvalue weighted by Gasteiger charge is -2.08. The third-order valence-corrected chi connectivity index (χ3v) is 5.59. The Morgan fingerprint density at radius 3 is 2.90 bits per heavy atom. The van der Waals surface area contributed by atoms with Gasteiger partial charge in [-0.25, -0.2) is 0 Å². The summed E-state index contributed by atoms with van der Waals surface area (Å²) < 4.78 is 0.971. The van der Waals surface area contributed by atoms with Crippen molar-refractivity contribution >= 4 is 27.3 Å². The summed E-state index contributed by atoms with van der Waals surface area (Å²) in [5.41, 5.74) is 2.40. The lowest BCUT2D eigenvalue weighted by molar-refractivity contribution is 0.181. The Bertz CT molecular complexity index is 555. The summed E-state index contributed by atoms with van der Waals surface area (Å²) in [4.78, 5) is 6.92. The first-order valence-electron chi connectivity index (χ1n) is 7.12. The van der Waals surface area contributed by atoms with Crippen molar-refractivity contribution in [2.75, 3.05) is 0 Å². The predicted molar refractivity (Wildman–Crippen MR) is 86.2 cm³/mol. The molecule has 0 fully saturated rings. The zero-order chi connectivity index (χ0) is 13.9. The molecule has 0 aromatic carbocycles. The molecule has 20 heavy (non-hydrogen) atoms. The molecule has 1 unspecified atom stereocenters. The van der Waals surface area contributed by atoms with Gasteiger partial charge in [0.2, 0.25) is 0 Å². The Kier molecular flexibility index (Phi) is 4.54. The molecule has 2 heterocycles. The fourth-order valence-electron chi connectivity index (χ4n) is 2.68. The number of pyridine rings is 1. The third kappa shape index (κ3) is 3.30. The molecule has 0 saturated heterocycles. The Morgan fingerprint density at radius 2 is 2.10 bits per heavy atom. The van der Waals surface area contributed by atoms with E-state index in [1.807, 2.05) is 12.1 Å². The van der Waals surface area contributed by atoms with Gasteiger partial charge in [0.25, 0.3) is 0 Å². The molecule has 1 aliphatic carbocycles. The Hall–Kier alpha value is -0.710. The van der Waals surface area contributed by atoms with Crippen molar-refractivity contribution in [3.05, 3.63) is 49.9 Å². The molecule has 0 bridgehead atoms. The normalized spacial score (nSPS) is 16.5. The number of halogens is 1. The lowest BCUT2D eigenvalue weighted by atomic mass is 10.1. The highest BCUT2D eigenvalue weighted by molar-refractivity contribution is 9.10. The zero-order valence-electron chi connectivity index (χ0n) is 11.3. The maximum absolute atomic E-state index is 10.4. The van der Waals surface area contributed by atoms with E-state index in [1.54, 1.807) is 17.5 Å². The van der Waals surface area contributed by atoms with Crippen LogP contribution in [-0.2, 0) is 19.3 Å². The third-order valence-electron chi connectivity index (χ3n) is 3.79. The second-order valence-corrected chi connectivity index (χ2v) is 7.43.